The molecule has 1 aromatic carbocycles. The summed E-state index contributed by atoms with van der Waals surface area (Å²) in [7, 11) is 0. The number of nitriles is 1. The zero-order valence-corrected chi connectivity index (χ0v) is 20.8. The number of halogens is 5. The lowest BCUT2D eigenvalue weighted by atomic mass is 9.72. The van der Waals surface area contributed by atoms with E-state index in [-0.39, 0.29) is 11.1 Å². The van der Waals surface area contributed by atoms with E-state index in [0.717, 1.165) is 44.4 Å². The summed E-state index contributed by atoms with van der Waals surface area (Å²) in [4.78, 5) is 24.5. The van der Waals surface area contributed by atoms with Crippen LogP contribution in [0.5, 0.6) is 0 Å². The van der Waals surface area contributed by atoms with Crippen molar-refractivity contribution >= 4 is 11.6 Å². The molecule has 4 heterocycles. The number of carbonyl (C=O) groups is 1. The molecule has 0 aliphatic carbocycles. The van der Waals surface area contributed by atoms with Gasteiger partial charge in [0, 0.05) is 57.5 Å². The molecule has 0 saturated carbocycles. The molecule has 2 aliphatic rings. The highest BCUT2D eigenvalue weighted by Gasteiger charge is 2.52. The van der Waals surface area contributed by atoms with Crippen molar-refractivity contribution in [2.24, 2.45) is 5.41 Å². The molecule has 12 heteroatoms. The number of likely N-dealkylation sites (tertiary alicyclic amines) is 1. The molecule has 5 rings (SSSR count). The van der Waals surface area contributed by atoms with Crippen LogP contribution in [-0.2, 0) is 16.9 Å². The second-order valence-electron chi connectivity index (χ2n) is 10.1. The van der Waals surface area contributed by atoms with Crippen LogP contribution in [0.25, 0.3) is 0 Å². The van der Waals surface area contributed by atoms with Crippen molar-refractivity contribution in [2.75, 3.05) is 31.1 Å². The Labute approximate surface area is 220 Å². The van der Waals surface area contributed by atoms with Crippen LogP contribution in [0.2, 0.25) is 0 Å². The predicted octanol–water partition coefficient (Wildman–Crippen LogP) is 3.73. The van der Waals surface area contributed by atoms with Crippen molar-refractivity contribution in [3.8, 4) is 6.07 Å². The summed E-state index contributed by atoms with van der Waals surface area (Å²) >= 11 is 0. The number of benzene rings is 1. The largest absolute Gasteiger partial charge is 0.369 e. The Morgan fingerprint density at radius 1 is 1.10 bits per heavy atom. The number of nitrogens with one attached hydrogen (secondary N) is 1. The molecule has 2 saturated heterocycles. The number of amides is 1. The smallest absolute Gasteiger partial charge is 0.271 e. The molecule has 1 atom stereocenters. The number of rotatable bonds is 7. The Morgan fingerprint density at radius 2 is 1.79 bits per heavy atom. The second kappa shape index (κ2) is 9.89. The third kappa shape index (κ3) is 4.78. The first-order valence-corrected chi connectivity index (χ1v) is 12.0. The van der Waals surface area contributed by atoms with E-state index >= 15 is 0 Å². The first kappa shape index (κ1) is 26.5. The van der Waals surface area contributed by atoms with E-state index in [1.807, 2.05) is 0 Å². The minimum atomic E-state index is -3.36. The molecule has 2 fully saturated rings. The van der Waals surface area contributed by atoms with E-state index in [0.29, 0.717) is 24.2 Å². The van der Waals surface area contributed by atoms with E-state index in [2.05, 4.69) is 31.2 Å². The van der Waals surface area contributed by atoms with Crippen LogP contribution in [0.3, 0.4) is 0 Å². The van der Waals surface area contributed by atoms with Gasteiger partial charge in [0.2, 0.25) is 5.91 Å². The summed E-state index contributed by atoms with van der Waals surface area (Å²) in [6, 6.07) is 7.59. The summed E-state index contributed by atoms with van der Waals surface area (Å²) in [5.74, 6) is -6.01. The van der Waals surface area contributed by atoms with E-state index in [1.165, 1.54) is 18.5 Å². The molecule has 1 amide bonds. The molecule has 0 radical (unpaired) electrons. The number of anilines is 1. The van der Waals surface area contributed by atoms with Crippen LogP contribution < -0.4 is 10.2 Å². The molecule has 2 aliphatic heterocycles. The number of carbonyl (C=O) groups excluding carboxylic acids is 1. The quantitative estimate of drug-likeness (QED) is 0.362. The maximum atomic E-state index is 14.5. The van der Waals surface area contributed by atoms with Gasteiger partial charge in [-0.15, -0.1) is 0 Å². The second-order valence-corrected chi connectivity index (χ2v) is 10.1. The Bertz CT molecular complexity index is 1420. The first-order valence-electron chi connectivity index (χ1n) is 12.0. The van der Waals surface area contributed by atoms with Gasteiger partial charge in [-0.1, -0.05) is 6.07 Å². The van der Waals surface area contributed by atoms with Crippen LogP contribution in [0.4, 0.5) is 27.6 Å². The highest BCUT2D eigenvalue weighted by atomic mass is 19.3. The van der Waals surface area contributed by atoms with Crippen molar-refractivity contribution in [1.29, 1.82) is 5.26 Å². The Balaban J connectivity index is 1.29. The lowest BCUT2D eigenvalue weighted by molar-refractivity contribution is -0.122. The summed E-state index contributed by atoms with van der Waals surface area (Å²) in [6.07, 6.45) is 1.26. The van der Waals surface area contributed by atoms with Crippen LogP contribution >= 0.6 is 0 Å². The fraction of sp³-hybridized carbons (Fsp3) is 0.333. The van der Waals surface area contributed by atoms with Gasteiger partial charge in [0.05, 0.1) is 23.1 Å². The molecule has 1 N–H and O–H groups in total. The molecule has 7 nitrogen and oxygen atoms in total. The minimum absolute atomic E-state index is 0.128. The zero-order valence-electron chi connectivity index (χ0n) is 20.8. The third-order valence-electron chi connectivity index (χ3n) is 7.16. The van der Waals surface area contributed by atoms with Gasteiger partial charge in [-0.3, -0.25) is 19.7 Å². The zero-order chi connectivity index (χ0) is 27.9. The van der Waals surface area contributed by atoms with Gasteiger partial charge in [-0.25, -0.2) is 22.0 Å². The van der Waals surface area contributed by atoms with Gasteiger partial charge in [0.15, 0.2) is 23.0 Å². The predicted molar refractivity (Wildman–Crippen MR) is 130 cm³/mol. The summed E-state index contributed by atoms with van der Waals surface area (Å²) in [5, 5.41) is 11.2. The standard InChI is InChI=1S/C27H23F5N6O/c1-16(39)36-27(25(31)32,19-5-21(28)24(30)22(29)6-19)23-3-2-17(9-35-23)11-37-12-26(13-37)14-38(15-26)20-4-18(7-33)8-34-10-20/h2-6,8-10,25H,11-15H2,1H3,(H,36,39)/t27-/m0/s1. The fourth-order valence-electron chi connectivity index (χ4n) is 5.47. The van der Waals surface area contributed by atoms with Crippen LogP contribution in [0, 0.1) is 34.2 Å². The molecule has 0 unspecified atom stereocenters. The first-order chi connectivity index (χ1) is 18.5. The fourth-order valence-corrected chi connectivity index (χ4v) is 5.47. The van der Waals surface area contributed by atoms with Crippen molar-refractivity contribution in [1.82, 2.24) is 20.2 Å². The maximum absolute atomic E-state index is 14.5. The monoisotopic (exact) mass is 542 g/mol. The average molecular weight is 543 g/mol. The number of nitrogens with zero attached hydrogens (tertiary/aromatic N) is 5. The maximum Gasteiger partial charge on any atom is 0.271 e. The van der Waals surface area contributed by atoms with E-state index in [1.54, 1.807) is 18.3 Å². The van der Waals surface area contributed by atoms with E-state index in [9.17, 15) is 26.7 Å². The number of hydrogen-bond acceptors (Lipinski definition) is 6. The van der Waals surface area contributed by atoms with Gasteiger partial charge in [-0.05, 0) is 35.4 Å². The van der Waals surface area contributed by atoms with Gasteiger partial charge in [0.1, 0.15) is 6.07 Å². The minimum Gasteiger partial charge on any atom is -0.369 e. The van der Waals surface area contributed by atoms with Gasteiger partial charge >= 0.3 is 0 Å². The van der Waals surface area contributed by atoms with Crippen molar-refractivity contribution in [3.63, 3.8) is 0 Å². The molecule has 202 valence electrons. The van der Waals surface area contributed by atoms with E-state index in [4.69, 9.17) is 5.26 Å². The molecule has 2 aromatic heterocycles. The lowest BCUT2D eigenvalue weighted by Crippen LogP contribution is -2.72. The highest BCUT2D eigenvalue weighted by Crippen LogP contribution is 2.42. The van der Waals surface area contributed by atoms with Crippen LogP contribution in [0.1, 0.15) is 29.3 Å². The number of pyridine rings is 2. The Morgan fingerprint density at radius 3 is 2.36 bits per heavy atom. The molecule has 3 aromatic rings. The topological polar surface area (TPSA) is 85.2 Å². The summed E-state index contributed by atoms with van der Waals surface area (Å²) in [5.41, 5.74) is -1.44. The number of hydrogen-bond donors (Lipinski definition) is 1. The number of aromatic nitrogens is 2. The SMILES string of the molecule is CC(=O)N[C@@](c1cc(F)c(F)c(F)c1)(c1ccc(CN2CC3(C2)CN(c2cncc(C#N)c2)C3)cn1)C(F)F. The highest BCUT2D eigenvalue weighted by molar-refractivity contribution is 5.75. The summed E-state index contributed by atoms with van der Waals surface area (Å²) < 4.78 is 70.5. The van der Waals surface area contributed by atoms with Crippen LogP contribution in [-0.4, -0.2) is 53.4 Å². The molecular formula is C27H23F5N6O. The Kier molecular flexibility index (Phi) is 6.72. The van der Waals surface area contributed by atoms with Gasteiger partial charge in [0.25, 0.3) is 6.43 Å². The van der Waals surface area contributed by atoms with Crippen molar-refractivity contribution in [3.05, 3.63) is 88.8 Å². The van der Waals surface area contributed by atoms with E-state index < -0.39 is 40.9 Å². The van der Waals surface area contributed by atoms with Gasteiger partial charge < -0.3 is 10.2 Å². The third-order valence-corrected chi connectivity index (χ3v) is 7.16. The normalized spacial score (nSPS) is 17.7. The van der Waals surface area contributed by atoms with Crippen molar-refractivity contribution in [2.45, 2.75) is 25.4 Å². The van der Waals surface area contributed by atoms with Crippen molar-refractivity contribution < 1.29 is 26.7 Å². The summed E-state index contributed by atoms with van der Waals surface area (Å²) in [6.45, 7) is 4.78. The Hall–Kier alpha value is -4.11. The number of alkyl halides is 2. The molecular weight excluding hydrogens is 519 g/mol. The van der Waals surface area contributed by atoms with Gasteiger partial charge in [-0.2, -0.15) is 5.26 Å². The van der Waals surface area contributed by atoms with Crippen LogP contribution in [0.15, 0.2) is 48.9 Å². The molecule has 39 heavy (non-hydrogen) atoms. The molecule has 1 spiro atoms. The lowest BCUT2D eigenvalue weighted by Gasteiger charge is -2.61. The average Bonchev–Trinajstić information content (AvgIpc) is 2.86. The molecule has 0 bridgehead atoms.